The van der Waals surface area contributed by atoms with Gasteiger partial charge in [-0.2, -0.15) is 5.10 Å². The number of benzene rings is 2. The van der Waals surface area contributed by atoms with Gasteiger partial charge in [-0.3, -0.25) is 9.58 Å². The van der Waals surface area contributed by atoms with E-state index in [4.69, 9.17) is 12.2 Å². The summed E-state index contributed by atoms with van der Waals surface area (Å²) in [5.41, 5.74) is 1.91. The van der Waals surface area contributed by atoms with Crippen molar-refractivity contribution in [2.24, 2.45) is 0 Å². The van der Waals surface area contributed by atoms with Crippen LogP contribution in [-0.2, 0) is 13.1 Å². The lowest BCUT2D eigenvalue weighted by molar-refractivity contribution is 0.176. The number of nitrogens with zero attached hydrogens (tertiary/aromatic N) is 4. The predicted octanol–water partition coefficient (Wildman–Crippen LogP) is 4.35. The second kappa shape index (κ2) is 9.68. The van der Waals surface area contributed by atoms with E-state index in [1.54, 1.807) is 16.8 Å². The monoisotopic (exact) mass is 487 g/mol. The molecule has 0 spiro atoms. The highest BCUT2D eigenvalue weighted by atomic mass is 79.9. The molecule has 0 amide bonds. The fraction of sp³-hybridized carbons (Fsp3) is 0.273. The molecule has 0 bridgehead atoms. The smallest absolute Gasteiger partial charge is 0.174 e. The maximum absolute atomic E-state index is 13.8. The van der Waals surface area contributed by atoms with Crippen LogP contribution in [0.1, 0.15) is 11.1 Å². The molecular formula is C22H23BrFN5S. The lowest BCUT2D eigenvalue weighted by Gasteiger charge is -2.36. The van der Waals surface area contributed by atoms with Gasteiger partial charge in [-0.25, -0.2) is 4.39 Å². The number of nitrogens with one attached hydrogen (secondary N) is 1. The number of thiocarbonyl (C=S) groups is 1. The van der Waals surface area contributed by atoms with Gasteiger partial charge in [0.15, 0.2) is 10.9 Å². The van der Waals surface area contributed by atoms with Crippen LogP contribution in [0.5, 0.6) is 0 Å². The highest BCUT2D eigenvalue weighted by Gasteiger charge is 2.20. The minimum absolute atomic E-state index is 0.224. The first-order chi connectivity index (χ1) is 14.6. The van der Waals surface area contributed by atoms with E-state index in [0.717, 1.165) is 37.2 Å². The number of hydrogen-bond donors (Lipinski definition) is 1. The Kier molecular flexibility index (Phi) is 6.76. The largest absolute Gasteiger partial charge is 0.346 e. The first-order valence-corrected chi connectivity index (χ1v) is 11.1. The topological polar surface area (TPSA) is 36.3 Å². The lowest BCUT2D eigenvalue weighted by atomic mass is 10.2. The number of aromatic nitrogens is 2. The number of rotatable bonds is 5. The normalized spacial score (nSPS) is 14.7. The molecule has 1 aliphatic rings. The van der Waals surface area contributed by atoms with Gasteiger partial charge >= 0.3 is 0 Å². The fourth-order valence-corrected chi connectivity index (χ4v) is 4.18. The highest BCUT2D eigenvalue weighted by molar-refractivity contribution is 9.10. The molecule has 0 saturated carbocycles. The molecule has 2 heterocycles. The Bertz CT molecular complexity index is 1020. The van der Waals surface area contributed by atoms with Gasteiger partial charge in [0.2, 0.25) is 0 Å². The summed E-state index contributed by atoms with van der Waals surface area (Å²) in [6.45, 7) is 4.94. The quantitative estimate of drug-likeness (QED) is 0.541. The van der Waals surface area contributed by atoms with Gasteiger partial charge in [-0.05, 0) is 29.9 Å². The molecule has 1 N–H and O–H groups in total. The molecule has 3 aromatic rings. The Morgan fingerprint density at radius 3 is 2.40 bits per heavy atom. The van der Waals surface area contributed by atoms with Gasteiger partial charge in [0, 0.05) is 55.0 Å². The van der Waals surface area contributed by atoms with Crippen LogP contribution in [0.4, 0.5) is 10.2 Å². The summed E-state index contributed by atoms with van der Waals surface area (Å²) in [7, 11) is 0. The Morgan fingerprint density at radius 2 is 1.67 bits per heavy atom. The number of anilines is 1. The zero-order chi connectivity index (χ0) is 20.9. The molecule has 0 unspecified atom stereocenters. The molecule has 8 heteroatoms. The van der Waals surface area contributed by atoms with Gasteiger partial charge in [0.05, 0.1) is 6.54 Å². The summed E-state index contributed by atoms with van der Waals surface area (Å²) in [6.07, 6.45) is 1.83. The van der Waals surface area contributed by atoms with Crippen molar-refractivity contribution in [3.05, 3.63) is 82.2 Å². The molecule has 30 heavy (non-hydrogen) atoms. The van der Waals surface area contributed by atoms with Crippen LogP contribution >= 0.6 is 28.1 Å². The summed E-state index contributed by atoms with van der Waals surface area (Å²) < 4.78 is 16.7. The van der Waals surface area contributed by atoms with Crippen molar-refractivity contribution in [3.63, 3.8) is 0 Å². The minimum Gasteiger partial charge on any atom is -0.346 e. The molecule has 5 nitrogen and oxygen atoms in total. The summed E-state index contributed by atoms with van der Waals surface area (Å²) >= 11 is 9.21. The van der Waals surface area contributed by atoms with E-state index < -0.39 is 0 Å². The van der Waals surface area contributed by atoms with Crippen molar-refractivity contribution in [2.45, 2.75) is 13.1 Å². The average Bonchev–Trinajstić information content (AvgIpc) is 3.19. The van der Waals surface area contributed by atoms with Crippen LogP contribution < -0.4 is 5.32 Å². The highest BCUT2D eigenvalue weighted by Crippen LogP contribution is 2.19. The third-order valence-electron chi connectivity index (χ3n) is 5.18. The van der Waals surface area contributed by atoms with Crippen molar-refractivity contribution in [1.29, 1.82) is 0 Å². The minimum atomic E-state index is -0.224. The van der Waals surface area contributed by atoms with Crippen LogP contribution in [0, 0.1) is 5.82 Å². The first kappa shape index (κ1) is 21.0. The summed E-state index contributed by atoms with van der Waals surface area (Å²) in [5.74, 6) is 0.449. The summed E-state index contributed by atoms with van der Waals surface area (Å²) in [4.78, 5) is 4.60. The Hall–Kier alpha value is -2.29. The predicted molar refractivity (Wildman–Crippen MR) is 125 cm³/mol. The molecule has 1 aromatic heterocycles. The second-order valence-corrected chi connectivity index (χ2v) is 8.52. The van der Waals surface area contributed by atoms with Crippen LogP contribution in [0.3, 0.4) is 0 Å². The molecule has 0 radical (unpaired) electrons. The third kappa shape index (κ3) is 5.24. The van der Waals surface area contributed by atoms with Crippen molar-refractivity contribution < 1.29 is 4.39 Å². The van der Waals surface area contributed by atoms with Crippen molar-refractivity contribution >= 4 is 39.1 Å². The molecule has 1 fully saturated rings. The SMILES string of the molecule is Fc1ccccc1Cn1ccc(NC(=S)N2CCN(Cc3ccccc3Br)CC2)n1. The van der Waals surface area contributed by atoms with Crippen molar-refractivity contribution in [2.75, 3.05) is 31.5 Å². The zero-order valence-electron chi connectivity index (χ0n) is 16.5. The van der Waals surface area contributed by atoms with Gasteiger partial charge < -0.3 is 10.2 Å². The average molecular weight is 488 g/mol. The Labute approximate surface area is 189 Å². The van der Waals surface area contributed by atoms with Gasteiger partial charge in [-0.15, -0.1) is 0 Å². The van der Waals surface area contributed by atoms with E-state index in [9.17, 15) is 4.39 Å². The van der Waals surface area contributed by atoms with Crippen molar-refractivity contribution in [1.82, 2.24) is 19.6 Å². The van der Waals surface area contributed by atoms with Gasteiger partial charge in [0.1, 0.15) is 5.82 Å². The van der Waals surface area contributed by atoms with Crippen LogP contribution in [0.25, 0.3) is 0 Å². The Balaban J connectivity index is 1.28. The molecule has 0 aliphatic carbocycles. The number of hydrogen-bond acceptors (Lipinski definition) is 3. The molecule has 1 saturated heterocycles. The van der Waals surface area contributed by atoms with E-state index in [-0.39, 0.29) is 5.82 Å². The number of piperazine rings is 1. The molecule has 2 aromatic carbocycles. The lowest BCUT2D eigenvalue weighted by Crippen LogP contribution is -2.49. The van der Waals surface area contributed by atoms with Crippen molar-refractivity contribution in [3.8, 4) is 0 Å². The van der Waals surface area contributed by atoms with Crippen LogP contribution in [0.2, 0.25) is 0 Å². The molecule has 1 aliphatic heterocycles. The third-order valence-corrected chi connectivity index (χ3v) is 6.31. The first-order valence-electron chi connectivity index (χ1n) is 9.87. The van der Waals surface area contributed by atoms with Crippen LogP contribution in [-0.4, -0.2) is 50.9 Å². The van der Waals surface area contributed by atoms with E-state index in [2.05, 4.69) is 54.3 Å². The molecule has 0 atom stereocenters. The summed E-state index contributed by atoms with van der Waals surface area (Å²) in [6, 6.07) is 16.9. The van der Waals surface area contributed by atoms with E-state index in [0.29, 0.717) is 23.0 Å². The molecule has 4 rings (SSSR count). The van der Waals surface area contributed by atoms with Gasteiger partial charge in [0.25, 0.3) is 0 Å². The fourth-order valence-electron chi connectivity index (χ4n) is 3.48. The zero-order valence-corrected chi connectivity index (χ0v) is 18.9. The molecule has 156 valence electrons. The van der Waals surface area contributed by atoms with E-state index in [1.165, 1.54) is 11.6 Å². The van der Waals surface area contributed by atoms with E-state index in [1.807, 2.05) is 24.4 Å². The number of halogens is 2. The summed E-state index contributed by atoms with van der Waals surface area (Å²) in [5, 5.41) is 8.36. The van der Waals surface area contributed by atoms with E-state index >= 15 is 0 Å². The molecular weight excluding hydrogens is 465 g/mol. The second-order valence-electron chi connectivity index (χ2n) is 7.27. The van der Waals surface area contributed by atoms with Gasteiger partial charge in [-0.1, -0.05) is 52.3 Å². The maximum Gasteiger partial charge on any atom is 0.174 e. The standard InChI is InChI=1S/C22H23BrFN5S/c23-19-7-3-1-5-17(19)15-27-11-13-28(14-12-27)22(30)25-21-9-10-29(26-21)16-18-6-2-4-8-20(18)24/h1-10H,11-16H2,(H,25,26,30). The van der Waals surface area contributed by atoms with Crippen LogP contribution in [0.15, 0.2) is 65.3 Å². The maximum atomic E-state index is 13.8. The Morgan fingerprint density at radius 1 is 0.967 bits per heavy atom.